The number of hydrogen-bond donors (Lipinski definition) is 1. The molecule has 0 aliphatic carbocycles. The Morgan fingerprint density at radius 3 is 2.59 bits per heavy atom. The van der Waals surface area contributed by atoms with Gasteiger partial charge in [-0.2, -0.15) is 0 Å². The molecule has 0 radical (unpaired) electrons. The van der Waals surface area contributed by atoms with Crippen LogP contribution in [0.1, 0.15) is 11.1 Å². The fourth-order valence-corrected chi connectivity index (χ4v) is 3.45. The average molecular weight is 412 g/mol. The number of thioether (sulfide) groups is 1. The van der Waals surface area contributed by atoms with Crippen molar-refractivity contribution in [2.24, 2.45) is 5.73 Å². The van der Waals surface area contributed by atoms with Crippen LogP contribution < -0.4 is 15.2 Å². The van der Waals surface area contributed by atoms with Crippen molar-refractivity contribution in [2.45, 2.75) is 6.92 Å². The third-order valence-electron chi connectivity index (χ3n) is 4.02. The smallest absolute Gasteiger partial charge is 0.293 e. The summed E-state index contributed by atoms with van der Waals surface area (Å²) in [4.78, 5) is 37.1. The molecule has 150 valence electrons. The van der Waals surface area contributed by atoms with Crippen molar-refractivity contribution in [3.8, 4) is 11.5 Å². The highest BCUT2D eigenvalue weighted by Gasteiger charge is 2.34. The highest BCUT2D eigenvalue weighted by atomic mass is 32.2. The van der Waals surface area contributed by atoms with Gasteiger partial charge < -0.3 is 15.2 Å². The quantitative estimate of drug-likeness (QED) is 0.669. The van der Waals surface area contributed by atoms with E-state index in [1.165, 1.54) is 0 Å². The SMILES string of the molecule is Cc1ccc(OCCN2C(=O)S/C(=C\c3cccc(OCC(N)=O)c3)C2=O)cc1. The van der Waals surface area contributed by atoms with E-state index in [0.717, 1.165) is 22.2 Å². The first-order valence-electron chi connectivity index (χ1n) is 8.88. The van der Waals surface area contributed by atoms with Gasteiger partial charge in [0.15, 0.2) is 6.61 Å². The molecule has 7 nitrogen and oxygen atoms in total. The lowest BCUT2D eigenvalue weighted by Gasteiger charge is -2.13. The van der Waals surface area contributed by atoms with Gasteiger partial charge in [-0.3, -0.25) is 19.3 Å². The van der Waals surface area contributed by atoms with Crippen LogP contribution >= 0.6 is 11.8 Å². The van der Waals surface area contributed by atoms with Crippen molar-refractivity contribution in [2.75, 3.05) is 19.8 Å². The number of aryl methyl sites for hydroxylation is 1. The Morgan fingerprint density at radius 1 is 1.10 bits per heavy atom. The van der Waals surface area contributed by atoms with E-state index in [1.807, 2.05) is 31.2 Å². The first kappa shape index (κ1) is 20.5. The molecule has 2 N–H and O–H groups in total. The van der Waals surface area contributed by atoms with Gasteiger partial charge in [-0.05, 0) is 54.6 Å². The van der Waals surface area contributed by atoms with Crippen molar-refractivity contribution in [3.05, 3.63) is 64.6 Å². The van der Waals surface area contributed by atoms with Gasteiger partial charge in [-0.1, -0.05) is 29.8 Å². The van der Waals surface area contributed by atoms with Gasteiger partial charge in [0.25, 0.3) is 17.1 Å². The molecule has 2 aromatic carbocycles. The lowest BCUT2D eigenvalue weighted by Crippen LogP contribution is -2.32. The monoisotopic (exact) mass is 412 g/mol. The third-order valence-corrected chi connectivity index (χ3v) is 4.92. The summed E-state index contributed by atoms with van der Waals surface area (Å²) in [6.07, 6.45) is 1.61. The number of carbonyl (C=O) groups is 3. The van der Waals surface area contributed by atoms with E-state index in [2.05, 4.69) is 0 Å². The highest BCUT2D eigenvalue weighted by molar-refractivity contribution is 8.18. The van der Waals surface area contributed by atoms with E-state index in [-0.39, 0.29) is 30.9 Å². The second-order valence-corrected chi connectivity index (χ2v) is 7.32. The van der Waals surface area contributed by atoms with Crippen LogP contribution in [0.15, 0.2) is 53.4 Å². The van der Waals surface area contributed by atoms with Gasteiger partial charge in [0, 0.05) is 0 Å². The average Bonchev–Trinajstić information content (AvgIpc) is 2.95. The maximum Gasteiger partial charge on any atom is 0.293 e. The van der Waals surface area contributed by atoms with Crippen LogP contribution in [0, 0.1) is 6.92 Å². The van der Waals surface area contributed by atoms with Crippen molar-refractivity contribution in [3.63, 3.8) is 0 Å². The molecular formula is C21H20N2O5S. The number of nitrogens with zero attached hydrogens (tertiary/aromatic N) is 1. The highest BCUT2D eigenvalue weighted by Crippen LogP contribution is 2.32. The van der Waals surface area contributed by atoms with E-state index in [0.29, 0.717) is 22.0 Å². The summed E-state index contributed by atoms with van der Waals surface area (Å²) in [5.74, 6) is 0.189. The van der Waals surface area contributed by atoms with E-state index in [9.17, 15) is 14.4 Å². The molecule has 3 rings (SSSR count). The molecule has 0 bridgehead atoms. The lowest BCUT2D eigenvalue weighted by molar-refractivity contribution is -0.123. The Bertz CT molecular complexity index is 956. The van der Waals surface area contributed by atoms with Crippen molar-refractivity contribution in [1.29, 1.82) is 0 Å². The molecule has 1 aliphatic heterocycles. The summed E-state index contributed by atoms with van der Waals surface area (Å²) >= 11 is 0.877. The molecule has 0 unspecified atom stereocenters. The Kier molecular flexibility index (Phi) is 6.56. The number of hydrogen-bond acceptors (Lipinski definition) is 6. The van der Waals surface area contributed by atoms with Crippen LogP contribution in [0.5, 0.6) is 11.5 Å². The molecule has 1 aliphatic rings. The molecule has 3 amide bonds. The number of rotatable bonds is 8. The summed E-state index contributed by atoms with van der Waals surface area (Å²) in [5, 5.41) is -0.338. The van der Waals surface area contributed by atoms with Gasteiger partial charge in [-0.25, -0.2) is 0 Å². The van der Waals surface area contributed by atoms with Crippen molar-refractivity contribution < 1.29 is 23.9 Å². The molecule has 0 aromatic heterocycles. The zero-order valence-electron chi connectivity index (χ0n) is 15.8. The standard InChI is InChI=1S/C21H20N2O5S/c1-14-5-7-16(8-6-14)27-10-9-23-20(25)18(29-21(23)26)12-15-3-2-4-17(11-15)28-13-19(22)24/h2-8,11-12H,9-10,13H2,1H3,(H2,22,24)/b18-12-. The Hall–Kier alpha value is -3.26. The maximum absolute atomic E-state index is 12.6. The lowest BCUT2D eigenvalue weighted by atomic mass is 10.2. The van der Waals surface area contributed by atoms with Crippen LogP contribution in [0.2, 0.25) is 0 Å². The molecule has 8 heteroatoms. The third kappa shape index (κ3) is 5.61. The second kappa shape index (κ2) is 9.29. The van der Waals surface area contributed by atoms with E-state index in [4.69, 9.17) is 15.2 Å². The van der Waals surface area contributed by atoms with Crippen LogP contribution in [0.4, 0.5) is 4.79 Å². The zero-order chi connectivity index (χ0) is 20.8. The topological polar surface area (TPSA) is 98.9 Å². The minimum atomic E-state index is -0.579. The zero-order valence-corrected chi connectivity index (χ0v) is 16.6. The van der Waals surface area contributed by atoms with E-state index < -0.39 is 5.91 Å². The van der Waals surface area contributed by atoms with Crippen LogP contribution in [0.25, 0.3) is 6.08 Å². The van der Waals surface area contributed by atoms with E-state index in [1.54, 1.807) is 30.3 Å². The molecule has 2 aromatic rings. The minimum Gasteiger partial charge on any atom is -0.492 e. The Morgan fingerprint density at radius 2 is 1.86 bits per heavy atom. The van der Waals surface area contributed by atoms with Gasteiger partial charge in [-0.15, -0.1) is 0 Å². The number of nitrogens with two attached hydrogens (primary N) is 1. The molecule has 1 heterocycles. The van der Waals surface area contributed by atoms with Crippen LogP contribution in [-0.2, 0) is 9.59 Å². The number of amides is 3. The molecule has 0 spiro atoms. The summed E-state index contributed by atoms with van der Waals surface area (Å²) in [5.41, 5.74) is 6.86. The van der Waals surface area contributed by atoms with Crippen molar-refractivity contribution >= 4 is 34.9 Å². The Balaban J connectivity index is 1.61. The van der Waals surface area contributed by atoms with Gasteiger partial charge in [0.1, 0.15) is 18.1 Å². The normalized spacial score (nSPS) is 15.1. The molecule has 1 fully saturated rings. The number of benzene rings is 2. The molecule has 29 heavy (non-hydrogen) atoms. The number of imide groups is 1. The fraction of sp³-hybridized carbons (Fsp3) is 0.190. The van der Waals surface area contributed by atoms with Gasteiger partial charge >= 0.3 is 0 Å². The predicted molar refractivity (Wildman–Crippen MR) is 110 cm³/mol. The van der Waals surface area contributed by atoms with E-state index >= 15 is 0 Å². The summed E-state index contributed by atoms with van der Waals surface area (Å²) in [7, 11) is 0. The largest absolute Gasteiger partial charge is 0.492 e. The molecule has 0 saturated carbocycles. The first-order valence-corrected chi connectivity index (χ1v) is 9.70. The van der Waals surface area contributed by atoms with Crippen LogP contribution in [-0.4, -0.2) is 41.7 Å². The second-order valence-electron chi connectivity index (χ2n) is 6.32. The first-order chi connectivity index (χ1) is 13.9. The number of carbonyl (C=O) groups excluding carboxylic acids is 3. The minimum absolute atomic E-state index is 0.164. The summed E-state index contributed by atoms with van der Waals surface area (Å²) in [6.45, 7) is 2.12. The van der Waals surface area contributed by atoms with Crippen molar-refractivity contribution in [1.82, 2.24) is 4.90 Å². The molecule has 0 atom stereocenters. The summed E-state index contributed by atoms with van der Waals surface area (Å²) < 4.78 is 10.9. The van der Waals surface area contributed by atoms with Gasteiger partial charge in [0.05, 0.1) is 11.4 Å². The Labute approximate surface area is 172 Å². The number of primary amides is 1. The predicted octanol–water partition coefficient (Wildman–Crippen LogP) is 2.97. The fourth-order valence-electron chi connectivity index (χ4n) is 2.58. The van der Waals surface area contributed by atoms with Crippen LogP contribution in [0.3, 0.4) is 0 Å². The molecule has 1 saturated heterocycles. The summed E-state index contributed by atoms with van der Waals surface area (Å²) in [6, 6.07) is 14.4. The van der Waals surface area contributed by atoms with Gasteiger partial charge in [0.2, 0.25) is 0 Å². The number of ether oxygens (including phenoxy) is 2. The maximum atomic E-state index is 12.6. The molecular weight excluding hydrogens is 392 g/mol.